The van der Waals surface area contributed by atoms with Crippen molar-refractivity contribution in [1.29, 1.82) is 0 Å². The monoisotopic (exact) mass is 231 g/mol. The summed E-state index contributed by atoms with van der Waals surface area (Å²) in [6.45, 7) is 1.83. The third kappa shape index (κ3) is 1.97. The zero-order valence-corrected chi connectivity index (χ0v) is 9.53. The van der Waals surface area contributed by atoms with Gasteiger partial charge < -0.3 is 0 Å². The Morgan fingerprint density at radius 1 is 1.19 bits per heavy atom. The molecule has 0 radical (unpaired) electrons. The first-order valence-corrected chi connectivity index (χ1v) is 5.29. The molecule has 3 heteroatoms. The Bertz CT molecular complexity index is 523. The highest BCUT2D eigenvalue weighted by molar-refractivity contribution is 6.32. The van der Waals surface area contributed by atoms with E-state index in [-0.39, 0.29) is 5.78 Å². The quantitative estimate of drug-likeness (QED) is 0.743. The molecule has 80 valence electrons. The van der Waals surface area contributed by atoms with Crippen molar-refractivity contribution in [2.75, 3.05) is 0 Å². The average Bonchev–Trinajstić information content (AvgIpc) is 2.33. The van der Waals surface area contributed by atoms with Crippen LogP contribution in [-0.2, 0) is 0 Å². The second-order valence-corrected chi connectivity index (χ2v) is 3.86. The molecule has 0 aliphatic carbocycles. The number of hydrogen-bond acceptors (Lipinski definition) is 2. The molecular weight excluding hydrogens is 222 g/mol. The molecule has 0 fully saturated rings. The van der Waals surface area contributed by atoms with E-state index in [1.807, 2.05) is 6.92 Å². The van der Waals surface area contributed by atoms with E-state index in [2.05, 4.69) is 4.98 Å². The van der Waals surface area contributed by atoms with Crippen molar-refractivity contribution in [3.8, 4) is 0 Å². The number of carbonyl (C=O) groups is 1. The molecule has 2 rings (SSSR count). The fourth-order valence-electron chi connectivity index (χ4n) is 1.49. The number of ketones is 1. The third-order valence-corrected chi connectivity index (χ3v) is 2.82. The van der Waals surface area contributed by atoms with E-state index in [0.717, 1.165) is 5.56 Å². The normalized spacial score (nSPS) is 10.1. The van der Waals surface area contributed by atoms with Gasteiger partial charge in [0.15, 0.2) is 0 Å². The van der Waals surface area contributed by atoms with Crippen molar-refractivity contribution in [1.82, 2.24) is 4.98 Å². The maximum Gasteiger partial charge on any atom is 0.211 e. The van der Waals surface area contributed by atoms with E-state index < -0.39 is 0 Å². The number of carbonyl (C=O) groups excluding carboxylic acids is 1. The van der Waals surface area contributed by atoms with Gasteiger partial charge in [0.05, 0.1) is 0 Å². The fraction of sp³-hybridized carbons (Fsp3) is 0.0769. The lowest BCUT2D eigenvalue weighted by Gasteiger charge is -2.05. The number of pyridine rings is 1. The number of nitrogens with zero attached hydrogens (tertiary/aromatic N) is 1. The highest BCUT2D eigenvalue weighted by Gasteiger charge is 2.13. The summed E-state index contributed by atoms with van der Waals surface area (Å²) in [7, 11) is 0. The molecule has 0 aliphatic heterocycles. The number of rotatable bonds is 2. The molecule has 1 heterocycles. The summed E-state index contributed by atoms with van der Waals surface area (Å²) in [5.41, 5.74) is 1.83. The standard InChI is InChI=1S/C13H10ClNO/c1-9-10(5-4-6-11(9)14)13(16)12-7-2-3-8-15-12/h2-8H,1H3. The van der Waals surface area contributed by atoms with Crippen molar-refractivity contribution in [2.24, 2.45) is 0 Å². The first kappa shape index (κ1) is 10.8. The summed E-state index contributed by atoms with van der Waals surface area (Å²) >= 11 is 5.97. The van der Waals surface area contributed by atoms with Crippen LogP contribution in [0.1, 0.15) is 21.6 Å². The molecule has 1 aromatic carbocycles. The first-order chi connectivity index (χ1) is 7.70. The van der Waals surface area contributed by atoms with Gasteiger partial charge >= 0.3 is 0 Å². The van der Waals surface area contributed by atoms with Gasteiger partial charge in [0.1, 0.15) is 5.69 Å². The summed E-state index contributed by atoms with van der Waals surface area (Å²) in [6, 6.07) is 10.6. The van der Waals surface area contributed by atoms with Crippen LogP contribution < -0.4 is 0 Å². The minimum absolute atomic E-state index is 0.0967. The van der Waals surface area contributed by atoms with E-state index >= 15 is 0 Å². The topological polar surface area (TPSA) is 30.0 Å². The molecule has 0 bridgehead atoms. The Labute approximate surface area is 98.9 Å². The third-order valence-electron chi connectivity index (χ3n) is 2.41. The Kier molecular flexibility index (Phi) is 3.02. The van der Waals surface area contributed by atoms with E-state index in [9.17, 15) is 4.79 Å². The predicted octanol–water partition coefficient (Wildman–Crippen LogP) is 3.27. The van der Waals surface area contributed by atoms with Crippen LogP contribution in [-0.4, -0.2) is 10.8 Å². The molecule has 2 aromatic rings. The lowest BCUT2D eigenvalue weighted by atomic mass is 10.0. The molecule has 0 saturated heterocycles. The van der Waals surface area contributed by atoms with E-state index in [0.29, 0.717) is 16.3 Å². The number of benzene rings is 1. The molecule has 1 aromatic heterocycles. The number of halogens is 1. The van der Waals surface area contributed by atoms with Crippen LogP contribution in [0.2, 0.25) is 5.02 Å². The highest BCUT2D eigenvalue weighted by atomic mass is 35.5. The van der Waals surface area contributed by atoms with Crippen molar-refractivity contribution < 1.29 is 4.79 Å². The van der Waals surface area contributed by atoms with Crippen LogP contribution in [0.25, 0.3) is 0 Å². The van der Waals surface area contributed by atoms with Gasteiger partial charge in [-0.05, 0) is 30.7 Å². The minimum atomic E-state index is -0.0967. The van der Waals surface area contributed by atoms with Gasteiger partial charge in [-0.3, -0.25) is 9.78 Å². The molecule has 0 amide bonds. The summed E-state index contributed by atoms with van der Waals surface area (Å²) in [4.78, 5) is 16.1. The molecule has 0 atom stereocenters. The average molecular weight is 232 g/mol. The van der Waals surface area contributed by atoms with Gasteiger partial charge in [-0.2, -0.15) is 0 Å². The highest BCUT2D eigenvalue weighted by Crippen LogP contribution is 2.20. The van der Waals surface area contributed by atoms with Crippen LogP contribution in [0, 0.1) is 6.92 Å². The largest absolute Gasteiger partial charge is 0.287 e. The predicted molar refractivity (Wildman–Crippen MR) is 63.9 cm³/mol. The van der Waals surface area contributed by atoms with Crippen molar-refractivity contribution in [3.05, 3.63) is 64.4 Å². The van der Waals surface area contributed by atoms with Gasteiger partial charge in [-0.15, -0.1) is 0 Å². The summed E-state index contributed by atoms with van der Waals surface area (Å²) in [5.74, 6) is -0.0967. The van der Waals surface area contributed by atoms with Crippen LogP contribution in [0.5, 0.6) is 0 Å². The van der Waals surface area contributed by atoms with Crippen LogP contribution in [0.15, 0.2) is 42.6 Å². The lowest BCUT2D eigenvalue weighted by Crippen LogP contribution is -2.05. The zero-order chi connectivity index (χ0) is 11.5. The molecule has 2 nitrogen and oxygen atoms in total. The van der Waals surface area contributed by atoms with E-state index in [1.54, 1.807) is 42.6 Å². The fourth-order valence-corrected chi connectivity index (χ4v) is 1.66. The van der Waals surface area contributed by atoms with E-state index in [1.165, 1.54) is 0 Å². The summed E-state index contributed by atoms with van der Waals surface area (Å²) in [5, 5.41) is 0.599. The smallest absolute Gasteiger partial charge is 0.211 e. The minimum Gasteiger partial charge on any atom is -0.287 e. The lowest BCUT2D eigenvalue weighted by molar-refractivity contribution is 0.103. The Morgan fingerprint density at radius 3 is 2.69 bits per heavy atom. The van der Waals surface area contributed by atoms with E-state index in [4.69, 9.17) is 11.6 Å². The first-order valence-electron chi connectivity index (χ1n) is 4.91. The summed E-state index contributed by atoms with van der Waals surface area (Å²) < 4.78 is 0. The van der Waals surface area contributed by atoms with Crippen molar-refractivity contribution in [3.63, 3.8) is 0 Å². The molecule has 0 N–H and O–H groups in total. The van der Waals surface area contributed by atoms with Gasteiger partial charge in [-0.1, -0.05) is 29.8 Å². The molecule has 0 saturated carbocycles. The van der Waals surface area contributed by atoms with Crippen LogP contribution in [0.4, 0.5) is 0 Å². The van der Waals surface area contributed by atoms with Crippen molar-refractivity contribution in [2.45, 2.75) is 6.92 Å². The molecular formula is C13H10ClNO. The molecule has 0 unspecified atom stereocenters. The number of hydrogen-bond donors (Lipinski definition) is 0. The molecule has 16 heavy (non-hydrogen) atoms. The zero-order valence-electron chi connectivity index (χ0n) is 8.77. The van der Waals surface area contributed by atoms with Gasteiger partial charge in [0.2, 0.25) is 5.78 Å². The maximum atomic E-state index is 12.1. The summed E-state index contributed by atoms with van der Waals surface area (Å²) in [6.07, 6.45) is 1.60. The molecule has 0 spiro atoms. The second kappa shape index (κ2) is 4.45. The maximum absolute atomic E-state index is 12.1. The Balaban J connectivity index is 2.46. The van der Waals surface area contributed by atoms with Crippen LogP contribution >= 0.6 is 11.6 Å². The van der Waals surface area contributed by atoms with Crippen molar-refractivity contribution >= 4 is 17.4 Å². The number of aromatic nitrogens is 1. The Morgan fingerprint density at radius 2 is 2.00 bits per heavy atom. The van der Waals surface area contributed by atoms with Crippen LogP contribution in [0.3, 0.4) is 0 Å². The molecule has 0 aliphatic rings. The SMILES string of the molecule is Cc1c(Cl)cccc1C(=O)c1ccccn1. The van der Waals surface area contributed by atoms with Gasteiger partial charge in [0.25, 0.3) is 0 Å². The Hall–Kier alpha value is -1.67. The van der Waals surface area contributed by atoms with Gasteiger partial charge in [0, 0.05) is 16.8 Å². The second-order valence-electron chi connectivity index (χ2n) is 3.46. The van der Waals surface area contributed by atoms with Gasteiger partial charge in [-0.25, -0.2) is 0 Å².